The molecular formula is C29H38N4O2. The molecule has 5 rings (SSSR count). The van der Waals surface area contributed by atoms with E-state index < -0.39 is 0 Å². The Balaban J connectivity index is 1.28. The largest absolute Gasteiger partial charge is 0.488 e. The van der Waals surface area contributed by atoms with Gasteiger partial charge in [0.2, 0.25) is 0 Å². The van der Waals surface area contributed by atoms with Crippen LogP contribution in [0, 0.1) is 0 Å². The van der Waals surface area contributed by atoms with Crippen LogP contribution in [-0.2, 0) is 6.61 Å². The molecule has 3 aromatic rings. The van der Waals surface area contributed by atoms with Gasteiger partial charge in [0.05, 0.1) is 5.52 Å². The molecule has 2 N–H and O–H groups in total. The van der Waals surface area contributed by atoms with E-state index in [-0.39, 0.29) is 11.9 Å². The Morgan fingerprint density at radius 3 is 2.23 bits per heavy atom. The number of amides is 1. The van der Waals surface area contributed by atoms with Gasteiger partial charge in [-0.1, -0.05) is 49.2 Å². The number of fused-ring (bicyclic) bond motifs is 1. The highest BCUT2D eigenvalue weighted by atomic mass is 16.5. The highest BCUT2D eigenvalue weighted by Gasteiger charge is 2.26. The number of rotatable bonds is 8. The molecule has 2 aliphatic heterocycles. The molecular weight excluding hydrogens is 436 g/mol. The van der Waals surface area contributed by atoms with Crippen LogP contribution in [0.4, 0.5) is 0 Å². The van der Waals surface area contributed by atoms with Gasteiger partial charge in [0.25, 0.3) is 5.91 Å². The molecule has 1 aromatic heterocycles. The normalized spacial score (nSPS) is 18.5. The van der Waals surface area contributed by atoms with E-state index in [9.17, 15) is 4.79 Å². The average Bonchev–Trinajstić information content (AvgIpc) is 3.09. The van der Waals surface area contributed by atoms with Crippen molar-refractivity contribution in [1.82, 2.24) is 14.4 Å². The summed E-state index contributed by atoms with van der Waals surface area (Å²) in [7, 11) is 0. The first-order chi connectivity index (χ1) is 17.2. The van der Waals surface area contributed by atoms with Crippen molar-refractivity contribution in [2.45, 2.75) is 51.2 Å². The van der Waals surface area contributed by atoms with Crippen LogP contribution in [0.25, 0.3) is 10.9 Å². The molecule has 0 saturated carbocycles. The van der Waals surface area contributed by atoms with Gasteiger partial charge in [-0.05, 0) is 62.5 Å². The van der Waals surface area contributed by atoms with Gasteiger partial charge in [-0.25, -0.2) is 0 Å². The number of nitrogens with two attached hydrogens (primary N) is 1. The summed E-state index contributed by atoms with van der Waals surface area (Å²) in [5.74, 6) is 0.418. The highest BCUT2D eigenvalue weighted by molar-refractivity contribution is 5.99. The number of likely N-dealkylation sites (tertiary alicyclic amines) is 2. The van der Waals surface area contributed by atoms with Crippen molar-refractivity contribution in [3.8, 4) is 5.75 Å². The summed E-state index contributed by atoms with van der Waals surface area (Å²) >= 11 is 0. The maximum absolute atomic E-state index is 12.4. The van der Waals surface area contributed by atoms with E-state index in [1.807, 2.05) is 36.4 Å². The molecule has 0 aliphatic carbocycles. The maximum Gasteiger partial charge on any atom is 0.265 e. The van der Waals surface area contributed by atoms with Crippen molar-refractivity contribution in [3.05, 3.63) is 65.9 Å². The van der Waals surface area contributed by atoms with Gasteiger partial charge in [0.1, 0.15) is 18.1 Å². The van der Waals surface area contributed by atoms with Crippen LogP contribution in [0.5, 0.6) is 5.75 Å². The van der Waals surface area contributed by atoms with Crippen LogP contribution in [0.3, 0.4) is 0 Å². The standard InChI is InChI=1S/C29H38N4O2/c30-29(34)27-21-25-26(11-8-12-28(25)35-22-23-9-4-3-5-10-23)33(27)24-13-17-32(18-14-24)20-19-31-15-6-1-2-7-16-31/h3-5,8-12,21,24H,1-2,6-7,13-20,22H2,(H2,30,34). The number of primary amides is 1. The third-order valence-electron chi connectivity index (χ3n) is 7.69. The predicted molar refractivity (Wildman–Crippen MR) is 141 cm³/mol. The minimum atomic E-state index is -0.376. The van der Waals surface area contributed by atoms with Crippen LogP contribution in [-0.4, -0.2) is 59.5 Å². The molecule has 6 nitrogen and oxygen atoms in total. The minimum Gasteiger partial charge on any atom is -0.488 e. The smallest absolute Gasteiger partial charge is 0.265 e. The number of hydrogen-bond acceptors (Lipinski definition) is 4. The van der Waals surface area contributed by atoms with Crippen LogP contribution < -0.4 is 10.5 Å². The SMILES string of the molecule is NC(=O)c1cc2c(OCc3ccccc3)cccc2n1C1CCN(CCN2CCCCCC2)CC1. The predicted octanol–water partition coefficient (Wildman–Crippen LogP) is 4.83. The summed E-state index contributed by atoms with van der Waals surface area (Å²) in [5.41, 5.74) is 8.59. The minimum absolute atomic E-state index is 0.272. The highest BCUT2D eigenvalue weighted by Crippen LogP contribution is 2.35. The summed E-state index contributed by atoms with van der Waals surface area (Å²) in [6, 6.07) is 18.4. The average molecular weight is 475 g/mol. The molecule has 35 heavy (non-hydrogen) atoms. The molecule has 0 radical (unpaired) electrons. The number of piperidine rings is 1. The van der Waals surface area contributed by atoms with Gasteiger partial charge >= 0.3 is 0 Å². The lowest BCUT2D eigenvalue weighted by atomic mass is 10.0. The molecule has 0 spiro atoms. The van der Waals surface area contributed by atoms with Crippen molar-refractivity contribution in [3.63, 3.8) is 0 Å². The number of nitrogens with zero attached hydrogens (tertiary/aromatic N) is 3. The Bertz CT molecular complexity index is 1110. The zero-order valence-corrected chi connectivity index (χ0v) is 20.7. The van der Waals surface area contributed by atoms with Gasteiger partial charge in [0, 0.05) is 37.6 Å². The van der Waals surface area contributed by atoms with E-state index >= 15 is 0 Å². The summed E-state index contributed by atoms with van der Waals surface area (Å²) in [4.78, 5) is 17.7. The number of ether oxygens (including phenoxy) is 1. The van der Waals surface area contributed by atoms with Crippen molar-refractivity contribution >= 4 is 16.8 Å². The molecule has 3 heterocycles. The quantitative estimate of drug-likeness (QED) is 0.508. The lowest BCUT2D eigenvalue weighted by Crippen LogP contribution is -2.40. The van der Waals surface area contributed by atoms with Crippen molar-refractivity contribution in [1.29, 1.82) is 0 Å². The Labute approximate surface area is 208 Å². The first kappa shape index (κ1) is 23.9. The zero-order valence-electron chi connectivity index (χ0n) is 20.7. The van der Waals surface area contributed by atoms with Gasteiger partial charge in [-0.3, -0.25) is 4.79 Å². The molecule has 0 unspecified atom stereocenters. The van der Waals surface area contributed by atoms with Crippen LogP contribution >= 0.6 is 0 Å². The molecule has 2 aromatic carbocycles. The Morgan fingerprint density at radius 2 is 1.54 bits per heavy atom. The molecule has 2 saturated heterocycles. The van der Waals surface area contributed by atoms with Crippen molar-refractivity contribution < 1.29 is 9.53 Å². The van der Waals surface area contributed by atoms with Gasteiger partial charge in [-0.15, -0.1) is 0 Å². The molecule has 0 bridgehead atoms. The molecule has 2 fully saturated rings. The summed E-state index contributed by atoms with van der Waals surface area (Å²) in [6.45, 7) is 7.42. The fraction of sp³-hybridized carbons (Fsp3) is 0.483. The van der Waals surface area contributed by atoms with Crippen LogP contribution in [0.2, 0.25) is 0 Å². The molecule has 0 atom stereocenters. The zero-order chi connectivity index (χ0) is 24.0. The van der Waals surface area contributed by atoms with E-state index in [0.29, 0.717) is 12.3 Å². The van der Waals surface area contributed by atoms with Gasteiger partial charge < -0.3 is 24.8 Å². The lowest BCUT2D eigenvalue weighted by Gasteiger charge is -2.35. The lowest BCUT2D eigenvalue weighted by molar-refractivity contribution is 0.0984. The monoisotopic (exact) mass is 474 g/mol. The van der Waals surface area contributed by atoms with Crippen LogP contribution in [0.1, 0.15) is 60.6 Å². The molecule has 186 valence electrons. The maximum atomic E-state index is 12.4. The Morgan fingerprint density at radius 1 is 0.857 bits per heavy atom. The summed E-state index contributed by atoms with van der Waals surface area (Å²) in [5, 5.41) is 0.959. The van der Waals surface area contributed by atoms with Crippen molar-refractivity contribution in [2.75, 3.05) is 39.3 Å². The van der Waals surface area contributed by atoms with E-state index in [4.69, 9.17) is 10.5 Å². The number of aromatic nitrogens is 1. The molecule has 1 amide bonds. The molecule has 6 heteroatoms. The second kappa shape index (κ2) is 11.3. The fourth-order valence-electron chi connectivity index (χ4n) is 5.71. The third kappa shape index (κ3) is 5.71. The van der Waals surface area contributed by atoms with E-state index in [2.05, 4.69) is 32.6 Å². The summed E-state index contributed by atoms with van der Waals surface area (Å²) in [6.07, 6.45) is 7.51. The van der Waals surface area contributed by atoms with Crippen molar-refractivity contribution in [2.24, 2.45) is 5.73 Å². The van der Waals surface area contributed by atoms with Gasteiger partial charge in [-0.2, -0.15) is 0 Å². The topological polar surface area (TPSA) is 63.7 Å². The fourth-order valence-corrected chi connectivity index (χ4v) is 5.71. The second-order valence-electron chi connectivity index (χ2n) is 10.1. The van der Waals surface area contributed by atoms with Crippen LogP contribution in [0.15, 0.2) is 54.6 Å². The van der Waals surface area contributed by atoms with Gasteiger partial charge in [0.15, 0.2) is 0 Å². The number of hydrogen-bond donors (Lipinski definition) is 1. The third-order valence-corrected chi connectivity index (χ3v) is 7.69. The number of carbonyl (C=O) groups excluding carboxylic acids is 1. The second-order valence-corrected chi connectivity index (χ2v) is 10.1. The Hall–Kier alpha value is -2.83. The van der Waals surface area contributed by atoms with E-state index in [0.717, 1.165) is 54.7 Å². The number of carbonyl (C=O) groups is 1. The molecule has 2 aliphatic rings. The first-order valence-electron chi connectivity index (χ1n) is 13.2. The van der Waals surface area contributed by atoms with E-state index in [1.165, 1.54) is 45.3 Å². The Kier molecular flexibility index (Phi) is 7.69. The van der Waals surface area contributed by atoms with E-state index in [1.54, 1.807) is 0 Å². The number of benzene rings is 2. The summed E-state index contributed by atoms with van der Waals surface area (Å²) < 4.78 is 8.36. The first-order valence-corrected chi connectivity index (χ1v) is 13.2.